The Morgan fingerprint density at radius 2 is 1.96 bits per heavy atom. The number of nitrogens with one attached hydrogen (secondary N) is 1. The Bertz CT molecular complexity index is 954. The van der Waals surface area contributed by atoms with E-state index in [1.807, 2.05) is 36.4 Å². The first-order valence-corrected chi connectivity index (χ1v) is 9.31. The van der Waals surface area contributed by atoms with Crippen molar-refractivity contribution in [1.82, 2.24) is 5.32 Å². The van der Waals surface area contributed by atoms with E-state index in [-0.39, 0.29) is 27.3 Å². The second-order valence-electron chi connectivity index (χ2n) is 5.89. The lowest BCUT2D eigenvalue weighted by molar-refractivity contribution is 0.179. The van der Waals surface area contributed by atoms with Gasteiger partial charge in [0, 0.05) is 5.02 Å². The number of hydrogen-bond donors (Lipinski definition) is 2. The fraction of sp³-hybridized carbons (Fsp3) is 0.150. The second kappa shape index (κ2) is 8.57. The molecule has 4 nitrogen and oxygen atoms in total. The Morgan fingerprint density at radius 3 is 2.67 bits per heavy atom. The van der Waals surface area contributed by atoms with Gasteiger partial charge in [-0.3, -0.25) is 0 Å². The molecule has 0 amide bonds. The van der Waals surface area contributed by atoms with Crippen LogP contribution in [0.25, 0.3) is 0 Å². The van der Waals surface area contributed by atoms with Gasteiger partial charge in [-0.15, -0.1) is 0 Å². The molecule has 0 bridgehead atoms. The van der Waals surface area contributed by atoms with Gasteiger partial charge in [-0.2, -0.15) is 5.26 Å². The van der Waals surface area contributed by atoms with Gasteiger partial charge in [0.05, 0.1) is 21.8 Å². The second-order valence-corrected chi connectivity index (χ2v) is 7.18. The van der Waals surface area contributed by atoms with Crippen molar-refractivity contribution in [2.24, 2.45) is 0 Å². The minimum atomic E-state index is -1.14. The molecule has 0 aromatic heterocycles. The number of nitriles is 1. The van der Waals surface area contributed by atoms with Gasteiger partial charge in [-0.05, 0) is 52.5 Å². The summed E-state index contributed by atoms with van der Waals surface area (Å²) >= 11 is 9.13. The molecule has 0 spiro atoms. The maximum atomic E-state index is 15.0. The zero-order valence-corrected chi connectivity index (χ0v) is 16.4. The van der Waals surface area contributed by atoms with Crippen LogP contribution < -0.4 is 10.1 Å². The lowest BCUT2D eigenvalue weighted by Crippen LogP contribution is -2.34. The van der Waals surface area contributed by atoms with Gasteiger partial charge in [0.15, 0.2) is 17.8 Å². The number of halogens is 3. The van der Waals surface area contributed by atoms with Crippen LogP contribution in [0.15, 0.2) is 70.3 Å². The van der Waals surface area contributed by atoms with E-state index in [1.54, 1.807) is 0 Å². The number of nitrogens with zero attached hydrogens (tertiary/aromatic N) is 1. The summed E-state index contributed by atoms with van der Waals surface area (Å²) in [6.07, 6.45) is -0.178. The van der Waals surface area contributed by atoms with Crippen molar-refractivity contribution in [2.75, 3.05) is 0 Å². The van der Waals surface area contributed by atoms with Crippen LogP contribution in [-0.4, -0.2) is 11.3 Å². The molecule has 0 aliphatic carbocycles. The molecular weight excluding hydrogens is 435 g/mol. The Morgan fingerprint density at radius 1 is 1.22 bits per heavy atom. The minimum absolute atomic E-state index is 0.127. The molecule has 1 aliphatic heterocycles. The zero-order chi connectivity index (χ0) is 19.4. The third kappa shape index (κ3) is 4.69. The third-order valence-corrected chi connectivity index (χ3v) is 4.97. The van der Waals surface area contributed by atoms with Gasteiger partial charge in [0.25, 0.3) is 0 Å². The highest BCUT2D eigenvalue weighted by molar-refractivity contribution is 9.11. The zero-order valence-electron chi connectivity index (χ0n) is 14.0. The van der Waals surface area contributed by atoms with Crippen LogP contribution in [0.3, 0.4) is 0 Å². The van der Waals surface area contributed by atoms with E-state index < -0.39 is 12.1 Å². The molecule has 0 radical (unpaired) electrons. The van der Waals surface area contributed by atoms with Crippen LogP contribution >= 0.6 is 27.5 Å². The van der Waals surface area contributed by atoms with Crippen molar-refractivity contribution < 1.29 is 14.2 Å². The monoisotopic (exact) mass is 448 g/mol. The molecule has 1 heterocycles. The summed E-state index contributed by atoms with van der Waals surface area (Å²) in [5, 5.41) is 22.3. The number of ether oxygens (including phenoxy) is 1. The van der Waals surface area contributed by atoms with Crippen molar-refractivity contribution in [3.63, 3.8) is 0 Å². The third-order valence-electron chi connectivity index (χ3n) is 3.96. The standard InChI is InChI=1S/C20H15BrClFN2O2/c21-17-19(27-15-9-13(11-24)8-14(22)10-15)18(23)16(25-20(17)26)7-6-12-4-2-1-3-5-12/h1-5,8-10,20,25-26H,6-7H2. The number of aliphatic hydroxyl groups is 1. The fourth-order valence-electron chi connectivity index (χ4n) is 2.65. The normalized spacial score (nSPS) is 16.8. The maximum absolute atomic E-state index is 15.0. The van der Waals surface area contributed by atoms with Crippen LogP contribution in [0, 0.1) is 11.3 Å². The molecule has 138 valence electrons. The lowest BCUT2D eigenvalue weighted by Gasteiger charge is -2.25. The van der Waals surface area contributed by atoms with Crippen molar-refractivity contribution >= 4 is 27.5 Å². The van der Waals surface area contributed by atoms with Gasteiger partial charge in [0.1, 0.15) is 5.75 Å². The summed E-state index contributed by atoms with van der Waals surface area (Å²) in [5.74, 6) is -0.547. The van der Waals surface area contributed by atoms with Crippen molar-refractivity contribution in [3.05, 3.63) is 86.4 Å². The Hall–Kier alpha value is -2.33. The predicted octanol–water partition coefficient (Wildman–Crippen LogP) is 4.93. The van der Waals surface area contributed by atoms with E-state index in [4.69, 9.17) is 21.6 Å². The molecular formula is C20H15BrClFN2O2. The molecule has 27 heavy (non-hydrogen) atoms. The van der Waals surface area contributed by atoms with Crippen LogP contribution in [-0.2, 0) is 6.42 Å². The highest BCUT2D eigenvalue weighted by Gasteiger charge is 2.28. The van der Waals surface area contributed by atoms with Crippen molar-refractivity contribution in [3.8, 4) is 11.8 Å². The Labute approximate surface area is 169 Å². The molecule has 7 heteroatoms. The van der Waals surface area contributed by atoms with E-state index in [0.717, 1.165) is 5.56 Å². The molecule has 3 rings (SSSR count). The number of dihydropyridines is 1. The summed E-state index contributed by atoms with van der Waals surface area (Å²) in [7, 11) is 0. The average Bonchev–Trinajstić information content (AvgIpc) is 2.67. The number of rotatable bonds is 5. The molecule has 0 fully saturated rings. The van der Waals surface area contributed by atoms with Gasteiger partial charge in [-0.25, -0.2) is 4.39 Å². The summed E-state index contributed by atoms with van der Waals surface area (Å²) in [5.41, 5.74) is 1.59. The van der Waals surface area contributed by atoms with Gasteiger partial charge in [-0.1, -0.05) is 41.9 Å². The molecule has 1 unspecified atom stereocenters. The number of hydrogen-bond acceptors (Lipinski definition) is 4. The highest BCUT2D eigenvalue weighted by atomic mass is 79.9. The summed E-state index contributed by atoms with van der Waals surface area (Å²) in [6, 6.07) is 16.0. The largest absolute Gasteiger partial charge is 0.453 e. The van der Waals surface area contributed by atoms with Crippen molar-refractivity contribution in [1.29, 1.82) is 5.26 Å². The first-order chi connectivity index (χ1) is 13.0. The number of allylic oxidation sites excluding steroid dienone is 2. The van der Waals surface area contributed by atoms with Crippen LogP contribution in [0.2, 0.25) is 5.02 Å². The van der Waals surface area contributed by atoms with Gasteiger partial charge >= 0.3 is 0 Å². The predicted molar refractivity (Wildman–Crippen MR) is 105 cm³/mol. The highest BCUT2D eigenvalue weighted by Crippen LogP contribution is 2.34. The molecule has 2 N–H and O–H groups in total. The summed E-state index contributed by atoms with van der Waals surface area (Å²) in [4.78, 5) is 0. The summed E-state index contributed by atoms with van der Waals surface area (Å²) in [6.45, 7) is 0. The van der Waals surface area contributed by atoms with Gasteiger partial charge < -0.3 is 15.2 Å². The van der Waals surface area contributed by atoms with Gasteiger partial charge in [0.2, 0.25) is 0 Å². The molecule has 0 saturated carbocycles. The van der Waals surface area contributed by atoms with E-state index in [1.165, 1.54) is 18.2 Å². The van der Waals surface area contributed by atoms with Crippen molar-refractivity contribution in [2.45, 2.75) is 19.1 Å². The summed E-state index contributed by atoms with van der Waals surface area (Å²) < 4.78 is 20.7. The smallest absolute Gasteiger partial charge is 0.185 e. The first-order valence-electron chi connectivity index (χ1n) is 8.13. The number of aryl methyl sites for hydroxylation is 1. The molecule has 2 aromatic carbocycles. The number of benzene rings is 2. The Kier molecular flexibility index (Phi) is 6.17. The minimum Gasteiger partial charge on any atom is -0.453 e. The molecule has 1 atom stereocenters. The fourth-order valence-corrected chi connectivity index (χ4v) is 3.25. The first kappa shape index (κ1) is 19.4. The van der Waals surface area contributed by atoms with Crippen LogP contribution in [0.1, 0.15) is 17.5 Å². The van der Waals surface area contributed by atoms with E-state index >= 15 is 4.39 Å². The van der Waals surface area contributed by atoms with E-state index in [0.29, 0.717) is 17.9 Å². The van der Waals surface area contributed by atoms with Crippen LogP contribution in [0.5, 0.6) is 5.75 Å². The molecule has 2 aromatic rings. The quantitative estimate of drug-likeness (QED) is 0.679. The maximum Gasteiger partial charge on any atom is 0.185 e. The van der Waals surface area contributed by atoms with E-state index in [9.17, 15) is 5.11 Å². The number of aliphatic hydroxyl groups excluding tert-OH is 1. The van der Waals surface area contributed by atoms with Crippen LogP contribution in [0.4, 0.5) is 4.39 Å². The topological polar surface area (TPSA) is 65.3 Å². The molecule has 0 saturated heterocycles. The lowest BCUT2D eigenvalue weighted by atomic mass is 10.1. The average molecular weight is 450 g/mol. The SMILES string of the molecule is N#Cc1cc(Cl)cc(OC2=C(Br)C(O)NC(CCc3ccccc3)=C2F)c1. The van der Waals surface area contributed by atoms with E-state index in [2.05, 4.69) is 21.2 Å². The molecule has 1 aliphatic rings. The Balaban J connectivity index is 1.86.